The maximum Gasteiger partial charge on any atom is 0.416 e. The van der Waals surface area contributed by atoms with Gasteiger partial charge in [0, 0.05) is 11.1 Å². The minimum Gasteiger partial charge on any atom is -0.322 e. The van der Waals surface area contributed by atoms with Crippen LogP contribution >= 0.6 is 0 Å². The molecule has 2 aromatic carbocycles. The molecule has 3 rings (SSSR count). The van der Waals surface area contributed by atoms with Gasteiger partial charge in [-0.05, 0) is 79.5 Å². The van der Waals surface area contributed by atoms with Crippen molar-refractivity contribution in [3.05, 3.63) is 80.6 Å². The maximum absolute atomic E-state index is 14.9. The first-order chi connectivity index (χ1) is 15.3. The number of nitrogens with one attached hydrogen (secondary N) is 1. The van der Waals surface area contributed by atoms with Gasteiger partial charge in [-0.2, -0.15) is 18.4 Å². The van der Waals surface area contributed by atoms with Gasteiger partial charge in [0.2, 0.25) is 0 Å². The van der Waals surface area contributed by atoms with Crippen molar-refractivity contribution in [2.75, 3.05) is 0 Å². The van der Waals surface area contributed by atoms with E-state index in [0.29, 0.717) is 23.1 Å². The number of benzene rings is 2. The van der Waals surface area contributed by atoms with Crippen LogP contribution in [0.4, 0.5) is 17.6 Å². The second-order valence-corrected chi connectivity index (χ2v) is 8.87. The molecule has 3 aromatic rings. The Morgan fingerprint density at radius 3 is 2.18 bits per heavy atom. The first-order valence-corrected chi connectivity index (χ1v) is 10.8. The van der Waals surface area contributed by atoms with Crippen molar-refractivity contribution in [1.29, 1.82) is 5.26 Å². The largest absolute Gasteiger partial charge is 0.416 e. The van der Waals surface area contributed by atoms with Gasteiger partial charge in [0.1, 0.15) is 5.67 Å². The summed E-state index contributed by atoms with van der Waals surface area (Å²) in [6.45, 7) is 6.32. The zero-order chi connectivity index (χ0) is 24.6. The zero-order valence-corrected chi connectivity index (χ0v) is 19.0. The summed E-state index contributed by atoms with van der Waals surface area (Å²) < 4.78 is 55.5. The molecule has 0 radical (unpaired) electrons. The number of nitriles is 1. The third kappa shape index (κ3) is 4.95. The van der Waals surface area contributed by atoms with Crippen molar-refractivity contribution < 1.29 is 17.6 Å². The van der Waals surface area contributed by atoms with E-state index < -0.39 is 22.8 Å². The van der Waals surface area contributed by atoms with Crippen molar-refractivity contribution in [2.45, 2.75) is 64.2 Å². The summed E-state index contributed by atoms with van der Waals surface area (Å²) in [6.07, 6.45) is -4.10. The summed E-state index contributed by atoms with van der Waals surface area (Å²) in [4.78, 5) is 15.0. The molecule has 0 amide bonds. The number of H-pyrrole nitrogens is 1. The summed E-state index contributed by atoms with van der Waals surface area (Å²) in [7, 11) is 0. The fraction of sp³-hybridized carbons (Fsp3) is 0.385. The van der Waals surface area contributed by atoms with Gasteiger partial charge in [-0.25, -0.2) is 4.39 Å². The van der Waals surface area contributed by atoms with Crippen LogP contribution < -0.4 is 5.56 Å². The van der Waals surface area contributed by atoms with Crippen LogP contribution in [-0.2, 0) is 30.1 Å². The predicted octanol–water partition coefficient (Wildman–Crippen LogP) is 6.73. The van der Waals surface area contributed by atoms with E-state index >= 15 is 0 Å². The monoisotopic (exact) mass is 458 g/mol. The van der Waals surface area contributed by atoms with Crippen LogP contribution in [0.25, 0.3) is 10.9 Å². The molecule has 0 bridgehead atoms. The molecule has 0 aliphatic heterocycles. The first kappa shape index (κ1) is 24.5. The quantitative estimate of drug-likeness (QED) is 0.417. The molecule has 3 nitrogen and oxygen atoms in total. The van der Waals surface area contributed by atoms with Crippen LogP contribution in [0.1, 0.15) is 61.9 Å². The lowest BCUT2D eigenvalue weighted by atomic mass is 9.77. The van der Waals surface area contributed by atoms with Crippen LogP contribution in [0.15, 0.2) is 47.3 Å². The Morgan fingerprint density at radius 2 is 1.61 bits per heavy atom. The molecule has 0 aliphatic carbocycles. The lowest BCUT2D eigenvalue weighted by Gasteiger charge is -2.26. The molecular formula is C26H26F4N2O. The lowest BCUT2D eigenvalue weighted by molar-refractivity contribution is -0.137. The Kier molecular flexibility index (Phi) is 6.43. The Bertz CT molecular complexity index is 1280. The van der Waals surface area contributed by atoms with Gasteiger partial charge in [-0.15, -0.1) is 0 Å². The standard InChI is InChI=1S/C26H26F4N2O/c1-5-17-11-18-7-8-19(13-22(18)32-23(17)33)24(3,15-31)14-16-9-20(25(4,27)6-2)12-21(10-16)26(28,29)30/h7-13H,5-6,14H2,1-4H3,(H,32,33). The first-order valence-electron chi connectivity index (χ1n) is 10.8. The minimum atomic E-state index is -4.64. The van der Waals surface area contributed by atoms with Gasteiger partial charge in [0.05, 0.1) is 17.0 Å². The third-order valence-corrected chi connectivity index (χ3v) is 6.33. The van der Waals surface area contributed by atoms with Gasteiger partial charge in [0.15, 0.2) is 0 Å². The molecule has 0 saturated heterocycles. The number of aromatic amines is 1. The van der Waals surface area contributed by atoms with E-state index in [4.69, 9.17) is 0 Å². The van der Waals surface area contributed by atoms with Gasteiger partial charge in [0.25, 0.3) is 5.56 Å². The van der Waals surface area contributed by atoms with Crippen LogP contribution in [0.2, 0.25) is 0 Å². The van der Waals surface area contributed by atoms with Crippen molar-refractivity contribution in [1.82, 2.24) is 4.98 Å². The van der Waals surface area contributed by atoms with Crippen molar-refractivity contribution in [2.24, 2.45) is 0 Å². The van der Waals surface area contributed by atoms with E-state index in [1.165, 1.54) is 13.0 Å². The second kappa shape index (κ2) is 8.66. The molecule has 33 heavy (non-hydrogen) atoms. The molecular weight excluding hydrogens is 432 g/mol. The molecule has 1 heterocycles. The number of fused-ring (bicyclic) bond motifs is 1. The number of rotatable bonds is 6. The third-order valence-electron chi connectivity index (χ3n) is 6.33. The van der Waals surface area contributed by atoms with E-state index in [1.807, 2.05) is 6.92 Å². The highest BCUT2D eigenvalue weighted by atomic mass is 19.4. The fourth-order valence-electron chi connectivity index (χ4n) is 3.93. The minimum absolute atomic E-state index is 0.0149. The number of alkyl halides is 4. The van der Waals surface area contributed by atoms with Gasteiger partial charge in [-0.1, -0.05) is 32.0 Å². The Balaban J connectivity index is 2.11. The molecule has 2 unspecified atom stereocenters. The smallest absolute Gasteiger partial charge is 0.322 e. The summed E-state index contributed by atoms with van der Waals surface area (Å²) in [5, 5.41) is 10.8. The number of aryl methyl sites for hydroxylation is 1. The Morgan fingerprint density at radius 1 is 0.939 bits per heavy atom. The molecule has 174 valence electrons. The molecule has 7 heteroatoms. The Labute approximate surface area is 190 Å². The number of nitrogens with zero attached hydrogens (tertiary/aromatic N) is 1. The molecule has 0 fully saturated rings. The Hall–Kier alpha value is -3.14. The van der Waals surface area contributed by atoms with Crippen LogP contribution in [0, 0.1) is 11.3 Å². The molecule has 0 spiro atoms. The normalized spacial score (nSPS) is 15.6. The van der Waals surface area contributed by atoms with Gasteiger partial charge in [-0.3, -0.25) is 4.79 Å². The summed E-state index contributed by atoms with van der Waals surface area (Å²) in [6, 6.07) is 12.4. The maximum atomic E-state index is 14.9. The van der Waals surface area contributed by atoms with Crippen LogP contribution in [0.3, 0.4) is 0 Å². The average Bonchev–Trinajstić information content (AvgIpc) is 2.77. The van der Waals surface area contributed by atoms with E-state index in [1.54, 1.807) is 38.1 Å². The van der Waals surface area contributed by atoms with E-state index in [-0.39, 0.29) is 29.5 Å². The summed E-state index contributed by atoms with van der Waals surface area (Å²) >= 11 is 0. The highest BCUT2D eigenvalue weighted by Gasteiger charge is 2.35. The molecule has 0 aliphatic rings. The van der Waals surface area contributed by atoms with E-state index in [2.05, 4.69) is 11.1 Å². The topological polar surface area (TPSA) is 56.6 Å². The highest BCUT2D eigenvalue weighted by Crippen LogP contribution is 2.38. The number of aromatic nitrogens is 1. The highest BCUT2D eigenvalue weighted by molar-refractivity contribution is 5.80. The average molecular weight is 458 g/mol. The second-order valence-electron chi connectivity index (χ2n) is 8.87. The number of hydrogen-bond acceptors (Lipinski definition) is 2. The molecule has 1 N–H and O–H groups in total. The summed E-state index contributed by atoms with van der Waals surface area (Å²) in [5.74, 6) is 0. The van der Waals surface area contributed by atoms with Crippen molar-refractivity contribution in [3.8, 4) is 6.07 Å². The number of pyridine rings is 1. The SMILES string of the molecule is CCc1cc2ccc(C(C)(C#N)Cc3cc(C(F)(F)F)cc(C(C)(F)CC)c3)cc2[nH]c1=O. The van der Waals surface area contributed by atoms with Gasteiger partial charge >= 0.3 is 6.18 Å². The van der Waals surface area contributed by atoms with E-state index in [9.17, 15) is 27.6 Å². The fourth-order valence-corrected chi connectivity index (χ4v) is 3.93. The predicted molar refractivity (Wildman–Crippen MR) is 121 cm³/mol. The van der Waals surface area contributed by atoms with Crippen molar-refractivity contribution >= 4 is 10.9 Å². The van der Waals surface area contributed by atoms with Crippen molar-refractivity contribution in [3.63, 3.8) is 0 Å². The van der Waals surface area contributed by atoms with Crippen LogP contribution in [0.5, 0.6) is 0 Å². The number of halogens is 4. The zero-order valence-electron chi connectivity index (χ0n) is 19.0. The molecule has 0 saturated carbocycles. The lowest BCUT2D eigenvalue weighted by Crippen LogP contribution is -2.24. The van der Waals surface area contributed by atoms with E-state index in [0.717, 1.165) is 17.5 Å². The van der Waals surface area contributed by atoms with Gasteiger partial charge < -0.3 is 4.98 Å². The summed E-state index contributed by atoms with van der Waals surface area (Å²) in [5.41, 5.74) is -2.40. The number of hydrogen-bond donors (Lipinski definition) is 1. The molecule has 2 atom stereocenters. The molecule has 1 aromatic heterocycles. The van der Waals surface area contributed by atoms with Crippen LogP contribution in [-0.4, -0.2) is 4.98 Å².